The van der Waals surface area contributed by atoms with Gasteiger partial charge in [0.05, 0.1) is 19.8 Å². The summed E-state index contributed by atoms with van der Waals surface area (Å²) in [6, 6.07) is 0.430. The molecule has 1 aliphatic rings. The summed E-state index contributed by atoms with van der Waals surface area (Å²) in [6.45, 7) is 13.3. The van der Waals surface area contributed by atoms with Gasteiger partial charge in [-0.15, -0.1) is 0 Å². The fourth-order valence-corrected chi connectivity index (χ4v) is 1.93. The Morgan fingerprint density at radius 3 is 2.69 bits per heavy atom. The van der Waals surface area contributed by atoms with Crippen LogP contribution < -0.4 is 5.32 Å². The Labute approximate surface area is 99.9 Å². The number of ether oxygens (including phenoxy) is 2. The summed E-state index contributed by atoms with van der Waals surface area (Å²) in [4.78, 5) is 0. The summed E-state index contributed by atoms with van der Waals surface area (Å²) >= 11 is 0. The van der Waals surface area contributed by atoms with Crippen molar-refractivity contribution >= 4 is 0 Å². The van der Waals surface area contributed by atoms with Gasteiger partial charge in [0.1, 0.15) is 0 Å². The zero-order chi connectivity index (χ0) is 12.0. The van der Waals surface area contributed by atoms with Gasteiger partial charge in [0.15, 0.2) is 0 Å². The quantitative estimate of drug-likeness (QED) is 0.756. The molecule has 1 heterocycles. The molecule has 0 radical (unpaired) electrons. The van der Waals surface area contributed by atoms with E-state index in [0.29, 0.717) is 12.0 Å². The molecule has 0 saturated carbocycles. The van der Waals surface area contributed by atoms with E-state index in [2.05, 4.69) is 33.0 Å². The van der Waals surface area contributed by atoms with Gasteiger partial charge in [0.2, 0.25) is 0 Å². The molecule has 0 aromatic rings. The first-order valence-corrected chi connectivity index (χ1v) is 6.43. The summed E-state index contributed by atoms with van der Waals surface area (Å²) in [6.07, 6.45) is 1.15. The lowest BCUT2D eigenvalue weighted by Crippen LogP contribution is -2.44. The standard InChI is InChI=1S/C13H27NO2/c1-5-14-12(13(2,3)4)10-16-9-11-6-7-15-8-11/h11-12,14H,5-10H2,1-4H3. The van der Waals surface area contributed by atoms with Crippen LogP contribution in [0.2, 0.25) is 0 Å². The summed E-state index contributed by atoms with van der Waals surface area (Å²) in [7, 11) is 0. The van der Waals surface area contributed by atoms with E-state index in [1.165, 1.54) is 0 Å². The minimum atomic E-state index is 0.252. The van der Waals surface area contributed by atoms with Crippen LogP contribution in [-0.4, -0.2) is 39.0 Å². The lowest BCUT2D eigenvalue weighted by Gasteiger charge is -2.31. The largest absolute Gasteiger partial charge is 0.381 e. The molecule has 3 nitrogen and oxygen atoms in total. The van der Waals surface area contributed by atoms with Crippen molar-refractivity contribution in [1.82, 2.24) is 5.32 Å². The number of hydrogen-bond donors (Lipinski definition) is 1. The smallest absolute Gasteiger partial charge is 0.0624 e. The molecular weight excluding hydrogens is 202 g/mol. The lowest BCUT2D eigenvalue weighted by atomic mass is 9.87. The van der Waals surface area contributed by atoms with Gasteiger partial charge in [0, 0.05) is 18.6 Å². The Morgan fingerprint density at radius 2 is 2.19 bits per heavy atom. The molecule has 16 heavy (non-hydrogen) atoms. The topological polar surface area (TPSA) is 30.5 Å². The summed E-state index contributed by atoms with van der Waals surface area (Å²) in [5.74, 6) is 0.613. The Bertz CT molecular complexity index is 183. The Morgan fingerprint density at radius 1 is 1.44 bits per heavy atom. The van der Waals surface area contributed by atoms with Gasteiger partial charge in [-0.1, -0.05) is 27.7 Å². The zero-order valence-corrected chi connectivity index (χ0v) is 11.2. The number of nitrogens with one attached hydrogen (secondary N) is 1. The molecule has 96 valence electrons. The van der Waals surface area contributed by atoms with Crippen LogP contribution in [-0.2, 0) is 9.47 Å². The molecule has 1 fully saturated rings. The van der Waals surface area contributed by atoms with Crippen LogP contribution in [0.3, 0.4) is 0 Å². The van der Waals surface area contributed by atoms with E-state index in [-0.39, 0.29) is 5.41 Å². The van der Waals surface area contributed by atoms with Gasteiger partial charge in [0.25, 0.3) is 0 Å². The van der Waals surface area contributed by atoms with Gasteiger partial charge in [-0.3, -0.25) is 0 Å². The summed E-state index contributed by atoms with van der Waals surface area (Å²) < 4.78 is 11.2. The first-order chi connectivity index (χ1) is 7.54. The van der Waals surface area contributed by atoms with Crippen LogP contribution >= 0.6 is 0 Å². The molecule has 1 aliphatic heterocycles. The molecule has 3 heteroatoms. The predicted molar refractivity (Wildman–Crippen MR) is 66.7 cm³/mol. The molecular formula is C13H27NO2. The SMILES string of the molecule is CCNC(COCC1CCOC1)C(C)(C)C. The van der Waals surface area contributed by atoms with Crippen molar-refractivity contribution in [2.75, 3.05) is 33.0 Å². The van der Waals surface area contributed by atoms with Crippen LogP contribution in [0.1, 0.15) is 34.1 Å². The first kappa shape index (κ1) is 13.9. The normalized spacial score (nSPS) is 23.6. The first-order valence-electron chi connectivity index (χ1n) is 6.43. The number of hydrogen-bond acceptors (Lipinski definition) is 3. The molecule has 2 atom stereocenters. The van der Waals surface area contributed by atoms with E-state index < -0.39 is 0 Å². The van der Waals surface area contributed by atoms with Crippen LogP contribution in [0.25, 0.3) is 0 Å². The minimum Gasteiger partial charge on any atom is -0.381 e. The third kappa shape index (κ3) is 4.81. The second-order valence-corrected chi connectivity index (χ2v) is 5.74. The van der Waals surface area contributed by atoms with Gasteiger partial charge >= 0.3 is 0 Å². The minimum absolute atomic E-state index is 0.252. The van der Waals surface area contributed by atoms with E-state index in [0.717, 1.165) is 39.4 Å². The van der Waals surface area contributed by atoms with E-state index in [1.807, 2.05) is 0 Å². The van der Waals surface area contributed by atoms with Gasteiger partial charge in [-0.25, -0.2) is 0 Å². The molecule has 0 bridgehead atoms. The summed E-state index contributed by atoms with van der Waals surface area (Å²) in [5.41, 5.74) is 0.252. The van der Waals surface area contributed by atoms with Crippen LogP contribution in [0, 0.1) is 11.3 Å². The Hall–Kier alpha value is -0.120. The maximum absolute atomic E-state index is 5.82. The maximum atomic E-state index is 5.82. The fourth-order valence-electron chi connectivity index (χ4n) is 1.93. The third-order valence-electron chi connectivity index (χ3n) is 3.16. The van der Waals surface area contributed by atoms with Crippen molar-refractivity contribution < 1.29 is 9.47 Å². The Balaban J connectivity index is 2.21. The van der Waals surface area contributed by atoms with Gasteiger partial charge < -0.3 is 14.8 Å². The average molecular weight is 229 g/mol. The van der Waals surface area contributed by atoms with Crippen LogP contribution in [0.4, 0.5) is 0 Å². The maximum Gasteiger partial charge on any atom is 0.0624 e. The van der Waals surface area contributed by atoms with E-state index in [1.54, 1.807) is 0 Å². The summed E-state index contributed by atoms with van der Waals surface area (Å²) in [5, 5.41) is 3.49. The molecule has 0 aliphatic carbocycles. The predicted octanol–water partition coefficient (Wildman–Crippen LogP) is 2.06. The van der Waals surface area contributed by atoms with Gasteiger partial charge in [-0.05, 0) is 18.4 Å². The average Bonchev–Trinajstić information content (AvgIpc) is 2.67. The molecule has 0 spiro atoms. The third-order valence-corrected chi connectivity index (χ3v) is 3.16. The highest BCUT2D eigenvalue weighted by atomic mass is 16.5. The van der Waals surface area contributed by atoms with Crippen molar-refractivity contribution in [3.63, 3.8) is 0 Å². The number of rotatable bonds is 6. The highest BCUT2D eigenvalue weighted by Crippen LogP contribution is 2.20. The molecule has 0 aromatic heterocycles. The van der Waals surface area contributed by atoms with Crippen molar-refractivity contribution in [2.24, 2.45) is 11.3 Å². The molecule has 1 rings (SSSR count). The van der Waals surface area contributed by atoms with Crippen LogP contribution in [0.5, 0.6) is 0 Å². The highest BCUT2D eigenvalue weighted by Gasteiger charge is 2.24. The van der Waals surface area contributed by atoms with Crippen LogP contribution in [0.15, 0.2) is 0 Å². The zero-order valence-electron chi connectivity index (χ0n) is 11.2. The van der Waals surface area contributed by atoms with E-state index in [4.69, 9.17) is 9.47 Å². The molecule has 2 unspecified atom stereocenters. The van der Waals surface area contributed by atoms with Crippen molar-refractivity contribution in [3.05, 3.63) is 0 Å². The van der Waals surface area contributed by atoms with E-state index in [9.17, 15) is 0 Å². The van der Waals surface area contributed by atoms with Crippen molar-refractivity contribution in [3.8, 4) is 0 Å². The molecule has 0 amide bonds. The highest BCUT2D eigenvalue weighted by molar-refractivity contribution is 4.80. The van der Waals surface area contributed by atoms with Crippen molar-refractivity contribution in [1.29, 1.82) is 0 Å². The molecule has 1 saturated heterocycles. The second-order valence-electron chi connectivity index (χ2n) is 5.74. The number of likely N-dealkylation sites (N-methyl/N-ethyl adjacent to an activating group) is 1. The monoisotopic (exact) mass is 229 g/mol. The second kappa shape index (κ2) is 6.58. The van der Waals surface area contributed by atoms with Crippen molar-refractivity contribution in [2.45, 2.75) is 40.2 Å². The fraction of sp³-hybridized carbons (Fsp3) is 1.00. The molecule has 1 N–H and O–H groups in total. The lowest BCUT2D eigenvalue weighted by molar-refractivity contribution is 0.0504. The van der Waals surface area contributed by atoms with E-state index >= 15 is 0 Å². The Kier molecular flexibility index (Phi) is 5.73. The van der Waals surface area contributed by atoms with Gasteiger partial charge in [-0.2, -0.15) is 0 Å². The molecule has 0 aromatic carbocycles.